The molecule has 1 aliphatic rings. The van der Waals surface area contributed by atoms with Crippen molar-refractivity contribution in [1.29, 1.82) is 0 Å². The van der Waals surface area contributed by atoms with Crippen molar-refractivity contribution in [3.05, 3.63) is 16.1 Å². The van der Waals surface area contributed by atoms with E-state index in [2.05, 4.69) is 46.8 Å². The van der Waals surface area contributed by atoms with Crippen molar-refractivity contribution < 1.29 is 8.42 Å². The minimum Gasteiger partial charge on any atom is -0.357 e. The lowest BCUT2D eigenvalue weighted by molar-refractivity contribution is 0.570. The van der Waals surface area contributed by atoms with Gasteiger partial charge in [0, 0.05) is 36.3 Å². The van der Waals surface area contributed by atoms with Crippen LogP contribution < -0.4 is 10.6 Å². The van der Waals surface area contributed by atoms with Crippen LogP contribution in [0.15, 0.2) is 10.4 Å². The molecule has 0 aliphatic carbocycles. The number of nitrogens with one attached hydrogen (secondary N) is 2. The summed E-state index contributed by atoms with van der Waals surface area (Å²) in [5.41, 5.74) is 1.19. The Balaban J connectivity index is 1.90. The molecule has 0 radical (unpaired) electrons. The molecule has 8 heteroatoms. The van der Waals surface area contributed by atoms with Gasteiger partial charge in [0.15, 0.2) is 15.8 Å². The molecule has 1 fully saturated rings. The van der Waals surface area contributed by atoms with Crippen molar-refractivity contribution in [2.24, 2.45) is 4.99 Å². The quantitative estimate of drug-likeness (QED) is 0.607. The molecule has 1 saturated heterocycles. The van der Waals surface area contributed by atoms with Crippen LogP contribution in [0.5, 0.6) is 0 Å². The third-order valence-electron chi connectivity index (χ3n) is 3.83. The highest BCUT2D eigenvalue weighted by Crippen LogP contribution is 2.24. The second-order valence-electron chi connectivity index (χ2n) is 7.13. The fraction of sp³-hybridized carbons (Fsp3) is 0.750. The average Bonchev–Trinajstić information content (AvgIpc) is 3.05. The largest absolute Gasteiger partial charge is 0.357 e. The first-order chi connectivity index (χ1) is 11.2. The van der Waals surface area contributed by atoms with Gasteiger partial charge >= 0.3 is 0 Å². The standard InChI is InChI=1S/C16H28N4O2S2/c1-5-17-15(19-12-7-9-24(21,22)11-12)18-8-6-14-20-13(10-23-14)16(2,3)4/h10,12H,5-9,11H2,1-4H3,(H2,17,18,19). The summed E-state index contributed by atoms with van der Waals surface area (Å²) in [6.07, 6.45) is 1.44. The number of aliphatic imine (C=N–C) groups is 1. The highest BCUT2D eigenvalue weighted by Gasteiger charge is 2.28. The third kappa shape index (κ3) is 5.73. The van der Waals surface area contributed by atoms with E-state index in [4.69, 9.17) is 0 Å². The van der Waals surface area contributed by atoms with Gasteiger partial charge in [0.05, 0.1) is 22.2 Å². The monoisotopic (exact) mass is 372 g/mol. The molecule has 1 unspecified atom stereocenters. The lowest BCUT2D eigenvalue weighted by Crippen LogP contribution is -2.44. The van der Waals surface area contributed by atoms with Crippen molar-refractivity contribution in [3.63, 3.8) is 0 Å². The van der Waals surface area contributed by atoms with E-state index >= 15 is 0 Å². The Labute approximate surface area is 149 Å². The van der Waals surface area contributed by atoms with Crippen molar-refractivity contribution in [3.8, 4) is 0 Å². The van der Waals surface area contributed by atoms with Crippen LogP contribution in [0.1, 0.15) is 44.8 Å². The molecule has 2 N–H and O–H groups in total. The molecular weight excluding hydrogens is 344 g/mol. The molecule has 0 aromatic carbocycles. The number of aromatic nitrogens is 1. The number of thiazole rings is 1. The molecular formula is C16H28N4O2S2. The van der Waals surface area contributed by atoms with Gasteiger partial charge in [-0.1, -0.05) is 20.8 Å². The fourth-order valence-electron chi connectivity index (χ4n) is 2.46. The van der Waals surface area contributed by atoms with E-state index in [0.717, 1.165) is 23.7 Å². The second kappa shape index (κ2) is 7.82. The topological polar surface area (TPSA) is 83.4 Å². The molecule has 24 heavy (non-hydrogen) atoms. The van der Waals surface area contributed by atoms with E-state index in [1.165, 1.54) is 0 Å². The third-order valence-corrected chi connectivity index (χ3v) is 6.51. The van der Waals surface area contributed by atoms with Gasteiger partial charge in [-0.3, -0.25) is 4.99 Å². The summed E-state index contributed by atoms with van der Waals surface area (Å²) in [6.45, 7) is 9.86. The van der Waals surface area contributed by atoms with Gasteiger partial charge in [-0.25, -0.2) is 13.4 Å². The maximum Gasteiger partial charge on any atom is 0.191 e. The van der Waals surface area contributed by atoms with Gasteiger partial charge < -0.3 is 10.6 Å². The predicted molar refractivity (Wildman–Crippen MR) is 101 cm³/mol. The summed E-state index contributed by atoms with van der Waals surface area (Å²) < 4.78 is 23.1. The molecule has 2 heterocycles. The molecule has 1 atom stereocenters. The first kappa shape index (κ1) is 19.2. The smallest absolute Gasteiger partial charge is 0.191 e. The Morgan fingerprint density at radius 1 is 1.46 bits per heavy atom. The lowest BCUT2D eigenvalue weighted by atomic mass is 9.93. The number of hydrogen-bond acceptors (Lipinski definition) is 5. The van der Waals surface area contributed by atoms with Gasteiger partial charge in [-0.2, -0.15) is 0 Å². The summed E-state index contributed by atoms with van der Waals surface area (Å²) in [5.74, 6) is 1.14. The molecule has 1 aliphatic heterocycles. The highest BCUT2D eigenvalue weighted by atomic mass is 32.2. The van der Waals surface area contributed by atoms with Gasteiger partial charge in [-0.15, -0.1) is 11.3 Å². The van der Waals surface area contributed by atoms with Crippen molar-refractivity contribution in [2.75, 3.05) is 24.6 Å². The molecule has 2 rings (SSSR count). The average molecular weight is 373 g/mol. The van der Waals surface area contributed by atoms with Crippen LogP contribution in [-0.4, -0.2) is 50.0 Å². The Bertz CT molecular complexity index is 674. The Morgan fingerprint density at radius 3 is 2.75 bits per heavy atom. The van der Waals surface area contributed by atoms with Crippen LogP contribution in [0.4, 0.5) is 0 Å². The van der Waals surface area contributed by atoms with Crippen LogP contribution in [0.2, 0.25) is 0 Å². The van der Waals surface area contributed by atoms with E-state index in [9.17, 15) is 8.42 Å². The first-order valence-electron chi connectivity index (χ1n) is 8.40. The highest BCUT2D eigenvalue weighted by molar-refractivity contribution is 7.91. The maximum absolute atomic E-state index is 11.6. The minimum atomic E-state index is -2.88. The zero-order valence-electron chi connectivity index (χ0n) is 14.9. The molecule has 0 saturated carbocycles. The number of hydrogen-bond donors (Lipinski definition) is 2. The summed E-state index contributed by atoms with van der Waals surface area (Å²) in [4.78, 5) is 9.23. The maximum atomic E-state index is 11.6. The molecule has 0 bridgehead atoms. The van der Waals surface area contributed by atoms with Crippen LogP contribution in [-0.2, 0) is 21.7 Å². The van der Waals surface area contributed by atoms with Crippen molar-refractivity contribution >= 4 is 27.1 Å². The first-order valence-corrected chi connectivity index (χ1v) is 11.1. The fourth-order valence-corrected chi connectivity index (χ4v) is 5.14. The number of guanidine groups is 1. The van der Waals surface area contributed by atoms with E-state index in [1.54, 1.807) is 11.3 Å². The number of nitrogens with zero attached hydrogens (tertiary/aromatic N) is 2. The summed E-state index contributed by atoms with van der Waals surface area (Å²) in [6, 6.07) is -0.0415. The summed E-state index contributed by atoms with van der Waals surface area (Å²) in [5, 5.41) is 9.61. The van der Waals surface area contributed by atoms with Gasteiger partial charge in [0.1, 0.15) is 0 Å². The zero-order valence-corrected chi connectivity index (χ0v) is 16.6. The van der Waals surface area contributed by atoms with Gasteiger partial charge in [0.2, 0.25) is 0 Å². The van der Waals surface area contributed by atoms with Crippen molar-refractivity contribution in [1.82, 2.24) is 15.6 Å². The number of sulfone groups is 1. The molecule has 0 spiro atoms. The predicted octanol–water partition coefficient (Wildman–Crippen LogP) is 1.73. The number of rotatable bonds is 5. The molecule has 1 aromatic rings. The SMILES string of the molecule is CCNC(=NCCc1nc(C(C)(C)C)cs1)NC1CCS(=O)(=O)C1. The minimum absolute atomic E-state index is 0.0415. The molecule has 6 nitrogen and oxygen atoms in total. The van der Waals surface area contributed by atoms with Crippen LogP contribution >= 0.6 is 11.3 Å². The van der Waals surface area contributed by atoms with Gasteiger partial charge in [0.25, 0.3) is 0 Å². The van der Waals surface area contributed by atoms with Crippen LogP contribution in [0.25, 0.3) is 0 Å². The lowest BCUT2D eigenvalue weighted by Gasteiger charge is -2.15. The van der Waals surface area contributed by atoms with E-state index in [-0.39, 0.29) is 23.0 Å². The van der Waals surface area contributed by atoms with Crippen molar-refractivity contribution in [2.45, 2.75) is 52.0 Å². The second-order valence-corrected chi connectivity index (χ2v) is 10.3. The van der Waals surface area contributed by atoms with Crippen LogP contribution in [0, 0.1) is 0 Å². The van der Waals surface area contributed by atoms with Gasteiger partial charge in [-0.05, 0) is 13.3 Å². The van der Waals surface area contributed by atoms with E-state index < -0.39 is 9.84 Å². The summed E-state index contributed by atoms with van der Waals surface area (Å²) >= 11 is 1.67. The van der Waals surface area contributed by atoms with E-state index in [0.29, 0.717) is 18.9 Å². The normalized spacial score (nSPS) is 21.0. The Hall–Kier alpha value is -1.15. The zero-order chi connectivity index (χ0) is 17.8. The molecule has 0 amide bonds. The molecule has 136 valence electrons. The summed E-state index contributed by atoms with van der Waals surface area (Å²) in [7, 11) is -2.88. The Morgan fingerprint density at radius 2 is 2.21 bits per heavy atom. The Kier molecular flexibility index (Phi) is 6.25. The molecule has 1 aromatic heterocycles. The van der Waals surface area contributed by atoms with Crippen LogP contribution in [0.3, 0.4) is 0 Å². The van der Waals surface area contributed by atoms with E-state index in [1.807, 2.05) is 6.92 Å².